The maximum absolute atomic E-state index is 11.2. The zero-order valence-electron chi connectivity index (χ0n) is 15.1. The van der Waals surface area contributed by atoms with E-state index in [1.165, 1.54) is 11.1 Å². The molecule has 26 heavy (non-hydrogen) atoms. The zero-order valence-corrected chi connectivity index (χ0v) is 15.1. The van der Waals surface area contributed by atoms with Crippen LogP contribution >= 0.6 is 0 Å². The third-order valence-corrected chi connectivity index (χ3v) is 5.10. The fourth-order valence-electron chi connectivity index (χ4n) is 3.61. The van der Waals surface area contributed by atoms with E-state index < -0.39 is 5.97 Å². The lowest BCUT2D eigenvalue weighted by Gasteiger charge is -2.30. The normalized spacial score (nSPS) is 18.1. The summed E-state index contributed by atoms with van der Waals surface area (Å²) in [5.41, 5.74) is 2.50. The first kappa shape index (κ1) is 18.6. The van der Waals surface area contributed by atoms with E-state index in [4.69, 9.17) is 4.74 Å². The summed E-state index contributed by atoms with van der Waals surface area (Å²) in [6.07, 6.45) is 1.74. The third-order valence-electron chi connectivity index (χ3n) is 5.10. The quantitative estimate of drug-likeness (QED) is 0.736. The molecule has 1 atom stereocenters. The minimum absolute atomic E-state index is 0.213. The van der Waals surface area contributed by atoms with Crippen LogP contribution in [-0.2, 0) is 9.53 Å². The van der Waals surface area contributed by atoms with Gasteiger partial charge >= 0.3 is 5.97 Å². The first-order valence-corrected chi connectivity index (χ1v) is 9.37. The minimum Gasteiger partial charge on any atom is -0.481 e. The second-order valence-corrected chi connectivity index (χ2v) is 6.93. The van der Waals surface area contributed by atoms with Crippen LogP contribution in [0.4, 0.5) is 0 Å². The van der Waals surface area contributed by atoms with Gasteiger partial charge in [0.15, 0.2) is 0 Å². The van der Waals surface area contributed by atoms with E-state index in [1.807, 2.05) is 12.1 Å². The van der Waals surface area contributed by atoms with Crippen molar-refractivity contribution in [3.05, 3.63) is 71.8 Å². The molecule has 1 saturated heterocycles. The topological polar surface area (TPSA) is 49.8 Å². The van der Waals surface area contributed by atoms with Crippen LogP contribution in [0.25, 0.3) is 0 Å². The van der Waals surface area contributed by atoms with Crippen LogP contribution in [0.15, 0.2) is 60.7 Å². The van der Waals surface area contributed by atoms with Crippen LogP contribution in [0.3, 0.4) is 0 Å². The second-order valence-electron chi connectivity index (χ2n) is 6.93. The smallest absolute Gasteiger partial charge is 0.307 e. The fraction of sp³-hybridized carbons (Fsp3) is 0.409. The van der Waals surface area contributed by atoms with E-state index in [0.717, 1.165) is 25.9 Å². The molecule has 138 valence electrons. The molecule has 0 aliphatic carbocycles. The van der Waals surface area contributed by atoms with Crippen LogP contribution < -0.4 is 0 Å². The summed E-state index contributed by atoms with van der Waals surface area (Å²) >= 11 is 0. The van der Waals surface area contributed by atoms with Crippen molar-refractivity contribution in [2.45, 2.75) is 18.8 Å². The lowest BCUT2D eigenvalue weighted by molar-refractivity contribution is -0.143. The molecule has 1 aliphatic rings. The Hall–Kier alpha value is -2.17. The van der Waals surface area contributed by atoms with E-state index in [1.54, 1.807) is 0 Å². The second kappa shape index (κ2) is 9.51. The average Bonchev–Trinajstić information content (AvgIpc) is 2.69. The standard InChI is InChI=1S/C22H27NO3/c24-22(25)20-12-7-13-23(16-20)14-15-26-17-21(18-8-3-1-4-9-18)19-10-5-2-6-11-19/h1-6,8-11,20-21H,7,12-17H2,(H,24,25). The number of nitrogens with zero attached hydrogens (tertiary/aromatic N) is 1. The molecule has 0 aromatic heterocycles. The zero-order chi connectivity index (χ0) is 18.2. The van der Waals surface area contributed by atoms with Crippen molar-refractivity contribution in [1.29, 1.82) is 0 Å². The van der Waals surface area contributed by atoms with E-state index >= 15 is 0 Å². The Labute approximate surface area is 155 Å². The molecule has 1 unspecified atom stereocenters. The molecule has 4 heteroatoms. The summed E-state index contributed by atoms with van der Waals surface area (Å²) in [5.74, 6) is -0.695. The molecule has 1 aliphatic heterocycles. The Balaban J connectivity index is 1.53. The number of piperidine rings is 1. The Morgan fingerprint density at radius 1 is 1.08 bits per heavy atom. The van der Waals surface area contributed by atoms with E-state index in [9.17, 15) is 9.90 Å². The highest BCUT2D eigenvalue weighted by Gasteiger charge is 2.25. The van der Waals surface area contributed by atoms with Crippen molar-refractivity contribution < 1.29 is 14.6 Å². The van der Waals surface area contributed by atoms with Crippen LogP contribution in [0.2, 0.25) is 0 Å². The van der Waals surface area contributed by atoms with Crippen LogP contribution in [0, 0.1) is 5.92 Å². The lowest BCUT2D eigenvalue weighted by atomic mass is 9.92. The molecule has 1 N–H and O–H groups in total. The Kier molecular flexibility index (Phi) is 6.81. The SMILES string of the molecule is O=C(O)C1CCCN(CCOCC(c2ccccc2)c2ccccc2)C1. The maximum Gasteiger partial charge on any atom is 0.307 e. The summed E-state index contributed by atoms with van der Waals surface area (Å²) < 4.78 is 6.01. The van der Waals surface area contributed by atoms with Crippen molar-refractivity contribution >= 4 is 5.97 Å². The fourth-order valence-corrected chi connectivity index (χ4v) is 3.61. The van der Waals surface area contributed by atoms with E-state index in [0.29, 0.717) is 19.8 Å². The average molecular weight is 353 g/mol. The summed E-state index contributed by atoms with van der Waals surface area (Å²) in [6.45, 7) is 3.65. The molecule has 1 heterocycles. The Morgan fingerprint density at radius 3 is 2.27 bits per heavy atom. The van der Waals surface area contributed by atoms with Crippen molar-refractivity contribution in [3.63, 3.8) is 0 Å². The highest BCUT2D eigenvalue weighted by atomic mass is 16.5. The monoisotopic (exact) mass is 353 g/mol. The van der Waals surface area contributed by atoms with E-state index in [2.05, 4.69) is 53.4 Å². The van der Waals surface area contributed by atoms with Crippen molar-refractivity contribution in [2.75, 3.05) is 32.8 Å². The predicted molar refractivity (Wildman–Crippen MR) is 102 cm³/mol. The number of likely N-dealkylation sites (tertiary alicyclic amines) is 1. The molecule has 1 fully saturated rings. The third kappa shape index (κ3) is 5.16. The van der Waals surface area contributed by atoms with Crippen LogP contribution in [0.1, 0.15) is 29.9 Å². The molecule has 2 aromatic rings. The molecule has 0 bridgehead atoms. The summed E-state index contributed by atoms with van der Waals surface area (Å²) in [7, 11) is 0. The molecule has 4 nitrogen and oxygen atoms in total. The maximum atomic E-state index is 11.2. The summed E-state index contributed by atoms with van der Waals surface area (Å²) in [4.78, 5) is 13.4. The van der Waals surface area contributed by atoms with Gasteiger partial charge in [0.25, 0.3) is 0 Å². The number of hydrogen-bond acceptors (Lipinski definition) is 3. The van der Waals surface area contributed by atoms with Crippen molar-refractivity contribution in [2.24, 2.45) is 5.92 Å². The van der Waals surface area contributed by atoms with Gasteiger partial charge in [0.2, 0.25) is 0 Å². The van der Waals surface area contributed by atoms with Gasteiger partial charge in [-0.1, -0.05) is 60.7 Å². The summed E-state index contributed by atoms with van der Waals surface area (Å²) in [6, 6.07) is 20.9. The minimum atomic E-state index is -0.677. The molecule has 0 amide bonds. The van der Waals surface area contributed by atoms with Gasteiger partial charge in [0.1, 0.15) is 0 Å². The highest BCUT2D eigenvalue weighted by Crippen LogP contribution is 2.25. The highest BCUT2D eigenvalue weighted by molar-refractivity contribution is 5.70. The van der Waals surface area contributed by atoms with E-state index in [-0.39, 0.29) is 11.8 Å². The molecular formula is C22H27NO3. The molecule has 0 spiro atoms. The van der Waals surface area contributed by atoms with Gasteiger partial charge in [-0.05, 0) is 30.5 Å². The molecule has 3 rings (SSSR count). The van der Waals surface area contributed by atoms with Gasteiger partial charge in [-0.25, -0.2) is 0 Å². The van der Waals surface area contributed by atoms with Gasteiger partial charge in [-0.15, -0.1) is 0 Å². The first-order chi connectivity index (χ1) is 12.7. The number of carboxylic acid groups (broad SMARTS) is 1. The number of benzene rings is 2. The van der Waals surface area contributed by atoms with Gasteiger partial charge in [0, 0.05) is 19.0 Å². The Morgan fingerprint density at radius 2 is 1.69 bits per heavy atom. The van der Waals surface area contributed by atoms with Gasteiger partial charge in [0.05, 0.1) is 19.1 Å². The largest absolute Gasteiger partial charge is 0.481 e. The molecular weight excluding hydrogens is 326 g/mol. The van der Waals surface area contributed by atoms with Gasteiger partial charge < -0.3 is 14.7 Å². The van der Waals surface area contributed by atoms with Crippen molar-refractivity contribution in [1.82, 2.24) is 4.90 Å². The number of carbonyl (C=O) groups is 1. The number of ether oxygens (including phenoxy) is 1. The summed E-state index contributed by atoms with van der Waals surface area (Å²) in [5, 5.41) is 9.19. The number of aliphatic carboxylic acids is 1. The molecule has 0 radical (unpaired) electrons. The number of hydrogen-bond donors (Lipinski definition) is 1. The van der Waals surface area contributed by atoms with Crippen LogP contribution in [-0.4, -0.2) is 48.8 Å². The van der Waals surface area contributed by atoms with Gasteiger partial charge in [-0.3, -0.25) is 4.79 Å². The van der Waals surface area contributed by atoms with Crippen molar-refractivity contribution in [3.8, 4) is 0 Å². The molecule has 2 aromatic carbocycles. The molecule has 0 saturated carbocycles. The van der Waals surface area contributed by atoms with Crippen LogP contribution in [0.5, 0.6) is 0 Å². The Bertz CT molecular complexity index is 635. The van der Waals surface area contributed by atoms with Gasteiger partial charge in [-0.2, -0.15) is 0 Å². The number of carboxylic acids is 1. The predicted octanol–water partition coefficient (Wildman–Crippen LogP) is 3.63. The number of rotatable bonds is 8. The lowest BCUT2D eigenvalue weighted by Crippen LogP contribution is -2.40. The first-order valence-electron chi connectivity index (χ1n) is 9.37.